The zero-order chi connectivity index (χ0) is 18.1. The van der Waals surface area contributed by atoms with E-state index in [1.165, 1.54) is 0 Å². The van der Waals surface area contributed by atoms with Crippen molar-refractivity contribution in [3.05, 3.63) is 64.7 Å². The summed E-state index contributed by atoms with van der Waals surface area (Å²) in [6.45, 7) is 2.63. The van der Waals surface area contributed by atoms with Crippen molar-refractivity contribution in [2.75, 3.05) is 17.7 Å². The van der Waals surface area contributed by atoms with Crippen LogP contribution in [-0.4, -0.2) is 21.4 Å². The summed E-state index contributed by atoms with van der Waals surface area (Å²) in [6, 6.07) is 16.0. The fourth-order valence-corrected chi connectivity index (χ4v) is 3.64. The van der Waals surface area contributed by atoms with Crippen LogP contribution >= 0.6 is 11.6 Å². The average molecular weight is 370 g/mol. The molecule has 2 atom stereocenters. The summed E-state index contributed by atoms with van der Waals surface area (Å²) in [5.41, 5.74) is 8.00. The largest absolute Gasteiger partial charge is 0.494 e. The van der Waals surface area contributed by atoms with E-state index < -0.39 is 0 Å². The second-order valence-corrected chi connectivity index (χ2v) is 6.62. The third-order valence-electron chi connectivity index (χ3n) is 4.56. The Morgan fingerprint density at radius 1 is 1.23 bits per heavy atom. The molecule has 134 valence electrons. The SMILES string of the molecule is CCOc1ccc([C@H]2C[C@H](c3ccccc3Cl)n3nc(N)nc3N2)cc1. The van der Waals surface area contributed by atoms with Crippen molar-refractivity contribution in [1.29, 1.82) is 0 Å². The predicted octanol–water partition coefficient (Wildman–Crippen LogP) is 4.06. The van der Waals surface area contributed by atoms with Gasteiger partial charge in [-0.2, -0.15) is 4.98 Å². The number of hydrogen-bond donors (Lipinski definition) is 2. The lowest BCUT2D eigenvalue weighted by Crippen LogP contribution is -2.28. The van der Waals surface area contributed by atoms with E-state index >= 15 is 0 Å². The van der Waals surface area contributed by atoms with E-state index in [0.717, 1.165) is 23.3 Å². The van der Waals surface area contributed by atoms with Crippen LogP contribution in [0.1, 0.15) is 36.6 Å². The smallest absolute Gasteiger partial charge is 0.241 e. The Bertz CT molecular complexity index is 909. The molecule has 0 aliphatic carbocycles. The normalized spacial score (nSPS) is 18.8. The van der Waals surface area contributed by atoms with E-state index in [-0.39, 0.29) is 18.0 Å². The molecule has 0 radical (unpaired) electrons. The van der Waals surface area contributed by atoms with Gasteiger partial charge in [0.1, 0.15) is 5.75 Å². The van der Waals surface area contributed by atoms with Gasteiger partial charge in [-0.3, -0.25) is 0 Å². The highest BCUT2D eigenvalue weighted by molar-refractivity contribution is 6.31. The number of nitrogens with two attached hydrogens (primary N) is 1. The number of aromatic nitrogens is 3. The van der Waals surface area contributed by atoms with Crippen molar-refractivity contribution < 1.29 is 4.74 Å². The average Bonchev–Trinajstić information content (AvgIpc) is 3.02. The minimum absolute atomic E-state index is 0.0404. The molecule has 1 aromatic heterocycles. The number of anilines is 2. The van der Waals surface area contributed by atoms with Gasteiger partial charge in [-0.15, -0.1) is 5.10 Å². The van der Waals surface area contributed by atoms with Gasteiger partial charge < -0.3 is 15.8 Å². The number of nitrogens with zero attached hydrogens (tertiary/aromatic N) is 3. The maximum Gasteiger partial charge on any atom is 0.241 e. The Labute approximate surface area is 156 Å². The van der Waals surface area contributed by atoms with Crippen LogP contribution in [0.15, 0.2) is 48.5 Å². The maximum atomic E-state index is 6.45. The Balaban J connectivity index is 1.70. The molecule has 0 saturated carbocycles. The molecule has 0 fully saturated rings. The number of nitrogen functional groups attached to an aromatic ring is 1. The Hall–Kier alpha value is -2.73. The summed E-state index contributed by atoms with van der Waals surface area (Å²) in [4.78, 5) is 4.33. The lowest BCUT2D eigenvalue weighted by molar-refractivity contribution is 0.340. The predicted molar refractivity (Wildman–Crippen MR) is 103 cm³/mol. The summed E-state index contributed by atoms with van der Waals surface area (Å²) >= 11 is 6.45. The van der Waals surface area contributed by atoms with Crippen LogP contribution in [0.25, 0.3) is 0 Å². The van der Waals surface area contributed by atoms with Crippen molar-refractivity contribution in [1.82, 2.24) is 14.8 Å². The number of ether oxygens (including phenoxy) is 1. The van der Waals surface area contributed by atoms with Crippen molar-refractivity contribution in [3.63, 3.8) is 0 Å². The maximum absolute atomic E-state index is 6.45. The second-order valence-electron chi connectivity index (χ2n) is 6.21. The van der Waals surface area contributed by atoms with Gasteiger partial charge in [0.2, 0.25) is 11.9 Å². The first kappa shape index (κ1) is 16.7. The van der Waals surface area contributed by atoms with Gasteiger partial charge >= 0.3 is 0 Å². The molecule has 0 saturated heterocycles. The molecule has 1 aliphatic rings. The van der Waals surface area contributed by atoms with E-state index in [4.69, 9.17) is 22.1 Å². The molecule has 0 spiro atoms. The topological polar surface area (TPSA) is 78.0 Å². The number of halogens is 1. The van der Waals surface area contributed by atoms with E-state index in [0.29, 0.717) is 17.6 Å². The zero-order valence-corrected chi connectivity index (χ0v) is 15.1. The Morgan fingerprint density at radius 2 is 2.00 bits per heavy atom. The van der Waals surface area contributed by atoms with Gasteiger partial charge in [0, 0.05) is 5.02 Å². The van der Waals surface area contributed by atoms with Crippen molar-refractivity contribution in [2.24, 2.45) is 0 Å². The van der Waals surface area contributed by atoms with Gasteiger partial charge in [-0.25, -0.2) is 4.68 Å². The second kappa shape index (κ2) is 6.88. The fourth-order valence-electron chi connectivity index (χ4n) is 3.38. The van der Waals surface area contributed by atoms with Crippen molar-refractivity contribution in [3.8, 4) is 5.75 Å². The molecule has 26 heavy (non-hydrogen) atoms. The molecule has 1 aliphatic heterocycles. The molecule has 2 heterocycles. The zero-order valence-electron chi connectivity index (χ0n) is 14.4. The van der Waals surface area contributed by atoms with Gasteiger partial charge in [-0.05, 0) is 42.7 Å². The summed E-state index contributed by atoms with van der Waals surface area (Å²) in [6.07, 6.45) is 0.785. The summed E-state index contributed by atoms with van der Waals surface area (Å²) in [5, 5.41) is 8.50. The van der Waals surface area contributed by atoms with Crippen LogP contribution in [0.3, 0.4) is 0 Å². The lowest BCUT2D eigenvalue weighted by Gasteiger charge is -2.32. The standard InChI is InChI=1S/C19H20ClN5O/c1-2-26-13-9-7-12(8-10-13)16-11-17(14-5-3-4-6-15(14)20)25-19(22-16)23-18(21)24-25/h3-10,16-17H,2,11H2,1H3,(H3,21,22,23,24)/t16-,17-/m1/s1. The number of hydrogen-bond acceptors (Lipinski definition) is 5. The highest BCUT2D eigenvalue weighted by Gasteiger charge is 2.31. The highest BCUT2D eigenvalue weighted by Crippen LogP contribution is 2.40. The Kier molecular flexibility index (Phi) is 4.42. The van der Waals surface area contributed by atoms with E-state index in [2.05, 4.69) is 27.5 Å². The number of benzene rings is 2. The van der Waals surface area contributed by atoms with Gasteiger partial charge in [0.15, 0.2) is 0 Å². The van der Waals surface area contributed by atoms with Crippen LogP contribution in [0.4, 0.5) is 11.9 Å². The summed E-state index contributed by atoms with van der Waals surface area (Å²) < 4.78 is 7.35. The van der Waals surface area contributed by atoms with Gasteiger partial charge in [0.25, 0.3) is 0 Å². The number of fused-ring (bicyclic) bond motifs is 1. The minimum Gasteiger partial charge on any atom is -0.494 e. The molecule has 3 N–H and O–H groups in total. The fraction of sp³-hybridized carbons (Fsp3) is 0.263. The quantitative estimate of drug-likeness (QED) is 0.725. The van der Waals surface area contributed by atoms with Crippen LogP contribution in [0, 0.1) is 0 Å². The first-order valence-corrected chi connectivity index (χ1v) is 8.99. The number of nitrogens with one attached hydrogen (secondary N) is 1. The molecule has 0 unspecified atom stereocenters. The molecule has 2 aromatic carbocycles. The molecule has 0 amide bonds. The molecule has 4 rings (SSSR count). The van der Waals surface area contributed by atoms with Crippen LogP contribution in [0.5, 0.6) is 5.75 Å². The first-order valence-electron chi connectivity index (χ1n) is 8.61. The van der Waals surface area contributed by atoms with Gasteiger partial charge in [-0.1, -0.05) is 41.9 Å². The third kappa shape index (κ3) is 3.08. The Morgan fingerprint density at radius 3 is 2.73 bits per heavy atom. The molecular formula is C19H20ClN5O. The first-order chi connectivity index (χ1) is 12.7. The van der Waals surface area contributed by atoms with Crippen LogP contribution < -0.4 is 15.8 Å². The van der Waals surface area contributed by atoms with Crippen molar-refractivity contribution in [2.45, 2.75) is 25.4 Å². The highest BCUT2D eigenvalue weighted by atomic mass is 35.5. The molecule has 3 aromatic rings. The monoisotopic (exact) mass is 369 g/mol. The van der Waals surface area contributed by atoms with Crippen LogP contribution in [0.2, 0.25) is 5.02 Å². The summed E-state index contributed by atoms with van der Waals surface area (Å²) in [7, 11) is 0. The molecule has 0 bridgehead atoms. The van der Waals surface area contributed by atoms with E-state index in [1.807, 2.05) is 48.0 Å². The molecular weight excluding hydrogens is 350 g/mol. The minimum atomic E-state index is -0.0404. The van der Waals surface area contributed by atoms with Crippen LogP contribution in [-0.2, 0) is 0 Å². The van der Waals surface area contributed by atoms with E-state index in [9.17, 15) is 0 Å². The van der Waals surface area contributed by atoms with E-state index in [1.54, 1.807) is 0 Å². The summed E-state index contributed by atoms with van der Waals surface area (Å²) in [5.74, 6) is 1.76. The number of rotatable bonds is 4. The third-order valence-corrected chi connectivity index (χ3v) is 4.91. The van der Waals surface area contributed by atoms with Gasteiger partial charge in [0.05, 0.1) is 18.7 Å². The van der Waals surface area contributed by atoms with Crippen molar-refractivity contribution >= 4 is 23.5 Å². The lowest BCUT2D eigenvalue weighted by atomic mass is 9.93. The molecule has 7 heteroatoms. The molecule has 6 nitrogen and oxygen atoms in total.